The third-order valence-corrected chi connectivity index (χ3v) is 5.82. The summed E-state index contributed by atoms with van der Waals surface area (Å²) in [5, 5.41) is 15.9. The molecule has 1 aliphatic carbocycles. The molecule has 2 atom stereocenters. The first-order valence-corrected chi connectivity index (χ1v) is 10.9. The van der Waals surface area contributed by atoms with Crippen molar-refractivity contribution in [1.82, 2.24) is 34.7 Å². The number of alkyl halides is 2. The predicted molar refractivity (Wildman–Crippen MR) is 122 cm³/mol. The molecule has 5 rings (SSSR count). The molecule has 12 heteroatoms. The number of rotatable bonds is 7. The van der Waals surface area contributed by atoms with E-state index in [1.807, 2.05) is 6.92 Å². The zero-order valence-corrected chi connectivity index (χ0v) is 18.7. The van der Waals surface area contributed by atoms with Gasteiger partial charge in [0.2, 0.25) is 0 Å². The molecule has 0 bridgehead atoms. The number of anilines is 1. The molecular weight excluding hydrogens is 447 g/mol. The van der Waals surface area contributed by atoms with Crippen LogP contribution in [-0.4, -0.2) is 40.2 Å². The molecule has 1 aromatic carbocycles. The largest absolute Gasteiger partial charge is 0.360 e. The molecule has 33 heavy (non-hydrogen) atoms. The quantitative estimate of drug-likeness (QED) is 0.309. The monoisotopic (exact) mass is 467 g/mol. The Morgan fingerprint density at radius 3 is 2.61 bits per heavy atom. The van der Waals surface area contributed by atoms with Gasteiger partial charge in [0.1, 0.15) is 24.8 Å². The zero-order valence-electron chi connectivity index (χ0n) is 17.6. The van der Waals surface area contributed by atoms with Crippen molar-refractivity contribution in [2.45, 2.75) is 38.2 Å². The Balaban J connectivity index is 1.52. The van der Waals surface area contributed by atoms with Crippen molar-refractivity contribution in [3.8, 4) is 5.82 Å². The Hall–Kier alpha value is -3.46. The van der Waals surface area contributed by atoms with Gasteiger partial charge in [-0.15, -0.1) is 0 Å². The third-order valence-electron chi connectivity index (χ3n) is 5.52. The topological polar surface area (TPSA) is 118 Å². The highest BCUT2D eigenvalue weighted by molar-refractivity contribution is 7.41. The molecule has 1 aliphatic rings. The van der Waals surface area contributed by atoms with E-state index in [1.165, 1.54) is 25.0 Å². The second-order valence-corrected chi connectivity index (χ2v) is 8.45. The lowest BCUT2D eigenvalue weighted by atomic mass is 10.0. The maximum atomic E-state index is 13.6. The van der Waals surface area contributed by atoms with Gasteiger partial charge in [-0.2, -0.15) is 9.78 Å². The van der Waals surface area contributed by atoms with Crippen molar-refractivity contribution in [1.29, 1.82) is 5.41 Å². The van der Waals surface area contributed by atoms with Crippen LogP contribution in [0.25, 0.3) is 16.7 Å². The molecular formula is C21H20F2N9P. The minimum Gasteiger partial charge on any atom is -0.360 e. The van der Waals surface area contributed by atoms with E-state index in [-0.39, 0.29) is 23.0 Å². The Bertz CT molecular complexity index is 1350. The fourth-order valence-electron chi connectivity index (χ4n) is 3.77. The van der Waals surface area contributed by atoms with Gasteiger partial charge in [0.15, 0.2) is 11.6 Å². The molecule has 168 valence electrons. The van der Waals surface area contributed by atoms with Gasteiger partial charge >= 0.3 is 0 Å². The number of nitrogens with zero attached hydrogens (tertiary/aromatic N) is 7. The van der Waals surface area contributed by atoms with Gasteiger partial charge in [-0.1, -0.05) is 9.24 Å². The van der Waals surface area contributed by atoms with E-state index in [0.29, 0.717) is 34.1 Å². The molecule has 4 aromatic rings. The summed E-state index contributed by atoms with van der Waals surface area (Å²) in [5.41, 5.74) is 2.16. The highest BCUT2D eigenvalue weighted by Crippen LogP contribution is 2.44. The lowest BCUT2D eigenvalue weighted by Gasteiger charge is -2.17. The first-order valence-electron chi connectivity index (χ1n) is 10.3. The Kier molecular flexibility index (Phi) is 5.49. The summed E-state index contributed by atoms with van der Waals surface area (Å²) in [6.45, 7) is 1.87. The van der Waals surface area contributed by atoms with Crippen molar-refractivity contribution < 1.29 is 8.78 Å². The number of aromatic nitrogens is 7. The summed E-state index contributed by atoms with van der Waals surface area (Å²) in [6, 6.07) is 4.26. The van der Waals surface area contributed by atoms with E-state index in [4.69, 9.17) is 5.41 Å². The van der Waals surface area contributed by atoms with Crippen molar-refractivity contribution in [3.05, 3.63) is 59.8 Å². The normalized spacial score (nSPS) is 14.6. The number of nitrogens with one attached hydrogen (secondary N) is 2. The molecule has 0 spiro atoms. The lowest BCUT2D eigenvalue weighted by molar-refractivity contribution is 0.151. The first-order chi connectivity index (χ1) is 15.9. The average Bonchev–Trinajstić information content (AvgIpc) is 3.53. The van der Waals surface area contributed by atoms with Crippen LogP contribution in [0.1, 0.15) is 60.8 Å². The second kappa shape index (κ2) is 8.47. The van der Waals surface area contributed by atoms with Gasteiger partial charge in [-0.25, -0.2) is 33.7 Å². The minimum atomic E-state index is -2.58. The minimum absolute atomic E-state index is 0.0357. The fraction of sp³-hybridized carbons (Fsp3) is 0.286. The van der Waals surface area contributed by atoms with E-state index in [0.717, 1.165) is 18.4 Å². The Morgan fingerprint density at radius 1 is 1.09 bits per heavy atom. The highest BCUT2D eigenvalue weighted by Gasteiger charge is 2.28. The summed E-state index contributed by atoms with van der Waals surface area (Å²) in [6.07, 6.45) is 3.57. The van der Waals surface area contributed by atoms with E-state index < -0.39 is 6.43 Å². The first kappa shape index (κ1) is 21.4. The zero-order chi connectivity index (χ0) is 23.1. The van der Waals surface area contributed by atoms with Gasteiger partial charge in [-0.3, -0.25) is 5.41 Å². The molecule has 2 unspecified atom stereocenters. The molecule has 2 N–H and O–H groups in total. The number of halogens is 2. The predicted octanol–water partition coefficient (Wildman–Crippen LogP) is 4.19. The molecule has 1 fully saturated rings. The maximum Gasteiger partial charge on any atom is 0.263 e. The van der Waals surface area contributed by atoms with Crippen LogP contribution in [0.15, 0.2) is 37.2 Å². The van der Waals surface area contributed by atoms with Crippen LogP contribution in [0.5, 0.6) is 0 Å². The van der Waals surface area contributed by atoms with Crippen LogP contribution in [0.3, 0.4) is 0 Å². The molecule has 0 aliphatic heterocycles. The fourth-order valence-corrected chi connectivity index (χ4v) is 3.92. The van der Waals surface area contributed by atoms with Crippen LogP contribution < -0.4 is 5.32 Å². The summed E-state index contributed by atoms with van der Waals surface area (Å²) < 4.78 is 28.7. The summed E-state index contributed by atoms with van der Waals surface area (Å²) in [4.78, 5) is 21.4. The van der Waals surface area contributed by atoms with E-state index >= 15 is 0 Å². The van der Waals surface area contributed by atoms with Gasteiger partial charge in [0, 0.05) is 17.0 Å². The van der Waals surface area contributed by atoms with Crippen molar-refractivity contribution >= 4 is 31.4 Å². The number of hydrogen-bond acceptors (Lipinski definition) is 8. The smallest absolute Gasteiger partial charge is 0.263 e. The second-order valence-electron chi connectivity index (χ2n) is 7.87. The molecule has 3 aromatic heterocycles. The van der Waals surface area contributed by atoms with Crippen molar-refractivity contribution in [2.24, 2.45) is 0 Å². The average molecular weight is 467 g/mol. The van der Waals surface area contributed by atoms with Gasteiger partial charge < -0.3 is 5.32 Å². The van der Waals surface area contributed by atoms with E-state index in [9.17, 15) is 8.78 Å². The summed E-state index contributed by atoms with van der Waals surface area (Å²) >= 11 is 0. The number of hydrogen-bond donors (Lipinski definition) is 2. The molecule has 0 radical (unpaired) electrons. The van der Waals surface area contributed by atoms with E-state index in [2.05, 4.69) is 44.6 Å². The van der Waals surface area contributed by atoms with Crippen LogP contribution in [0.2, 0.25) is 0 Å². The van der Waals surface area contributed by atoms with Gasteiger partial charge in [0.05, 0.1) is 22.7 Å². The van der Waals surface area contributed by atoms with Crippen LogP contribution in [0, 0.1) is 5.41 Å². The van der Waals surface area contributed by atoms with Crippen molar-refractivity contribution in [3.63, 3.8) is 0 Å². The summed E-state index contributed by atoms with van der Waals surface area (Å²) in [5.74, 6) is 1.70. The van der Waals surface area contributed by atoms with E-state index in [1.54, 1.807) is 16.8 Å². The lowest BCUT2D eigenvalue weighted by Crippen LogP contribution is -2.16. The number of benzene rings is 1. The molecule has 1 saturated carbocycles. The Labute approximate surface area is 189 Å². The Morgan fingerprint density at radius 2 is 1.88 bits per heavy atom. The molecule has 3 heterocycles. The van der Waals surface area contributed by atoms with Crippen LogP contribution >= 0.6 is 9.24 Å². The van der Waals surface area contributed by atoms with Crippen LogP contribution in [0.4, 0.5) is 14.6 Å². The van der Waals surface area contributed by atoms with Crippen LogP contribution in [-0.2, 0) is 0 Å². The van der Waals surface area contributed by atoms with Gasteiger partial charge in [-0.05, 0) is 43.4 Å². The molecule has 0 amide bonds. The molecule has 9 nitrogen and oxygen atoms in total. The standard InChI is InChI=1S/C21H20F2N9P/c1-10(21-29-9-30-32(21)16-6-15(19(24)33)25-7-26-16)31-20-14-5-12(18(22)23)4-13(11-2-3-11)17(14)27-8-28-20/h4-11,18,24H,2-3,33H2,1H3,(H,27,28,31). The van der Waals surface area contributed by atoms with Crippen molar-refractivity contribution in [2.75, 3.05) is 5.32 Å². The van der Waals surface area contributed by atoms with Gasteiger partial charge in [0.25, 0.3) is 6.43 Å². The SMILES string of the molecule is CC(Nc1ncnc2c(C3CC3)cc(C(F)F)cc12)c1ncnn1-c1cc(C(=N)P)ncn1. The molecule has 0 saturated heterocycles. The number of fused-ring (bicyclic) bond motifs is 1. The maximum absolute atomic E-state index is 13.6. The summed E-state index contributed by atoms with van der Waals surface area (Å²) in [7, 11) is 2.29. The third kappa shape index (κ3) is 4.16. The highest BCUT2D eigenvalue weighted by atomic mass is 31.0.